The minimum absolute atomic E-state index is 0.123. The van der Waals surface area contributed by atoms with Crippen molar-refractivity contribution in [1.29, 1.82) is 0 Å². The maximum Gasteiger partial charge on any atom is 0.232 e. The molecule has 0 aliphatic carbocycles. The van der Waals surface area contributed by atoms with Crippen LogP contribution in [0.1, 0.15) is 32.8 Å². The molecule has 31 heavy (non-hydrogen) atoms. The van der Waals surface area contributed by atoms with E-state index in [2.05, 4.69) is 17.0 Å². The lowest BCUT2D eigenvalue weighted by Gasteiger charge is -2.30. The van der Waals surface area contributed by atoms with E-state index in [1.165, 1.54) is 5.56 Å². The van der Waals surface area contributed by atoms with Gasteiger partial charge in [-0.3, -0.25) is 9.69 Å². The number of benzene rings is 2. The molecule has 0 atom stereocenters. The topological polar surface area (TPSA) is 61.1 Å². The molecular formula is C25H23NO5. The number of methoxy groups -OCH3 is 1. The van der Waals surface area contributed by atoms with Crippen molar-refractivity contribution in [2.75, 3.05) is 20.4 Å². The third-order valence-electron chi connectivity index (χ3n) is 5.68. The molecule has 0 saturated heterocycles. The van der Waals surface area contributed by atoms with Crippen LogP contribution in [-0.2, 0) is 13.0 Å². The highest BCUT2D eigenvalue weighted by atomic mass is 16.5. The lowest BCUT2D eigenvalue weighted by atomic mass is 9.98. The second kappa shape index (κ2) is 7.96. The van der Waals surface area contributed by atoms with Crippen LogP contribution in [0.2, 0.25) is 0 Å². The molecule has 1 aromatic heterocycles. The molecule has 0 unspecified atom stereocenters. The zero-order chi connectivity index (χ0) is 21.4. The van der Waals surface area contributed by atoms with Gasteiger partial charge in [0.1, 0.15) is 29.7 Å². The monoisotopic (exact) mass is 417 g/mol. The number of carbonyl (C=O) groups is 1. The molecule has 0 radical (unpaired) electrons. The summed E-state index contributed by atoms with van der Waals surface area (Å²) in [6.45, 7) is 3.91. The molecule has 2 aliphatic rings. The summed E-state index contributed by atoms with van der Waals surface area (Å²) in [7, 11) is 1.67. The zero-order valence-electron chi connectivity index (χ0n) is 17.5. The highest BCUT2D eigenvalue weighted by molar-refractivity contribution is 6.15. The second-order valence-electron chi connectivity index (χ2n) is 7.75. The Balaban J connectivity index is 1.36. The third-order valence-corrected chi connectivity index (χ3v) is 5.68. The largest absolute Gasteiger partial charge is 0.497 e. The Morgan fingerprint density at radius 1 is 1.19 bits per heavy atom. The number of hydrogen-bond acceptors (Lipinski definition) is 6. The summed E-state index contributed by atoms with van der Waals surface area (Å²) in [5.41, 5.74) is 3.61. The van der Waals surface area contributed by atoms with Crippen molar-refractivity contribution in [2.45, 2.75) is 19.9 Å². The van der Waals surface area contributed by atoms with Crippen LogP contribution in [0, 0.1) is 6.92 Å². The van der Waals surface area contributed by atoms with E-state index in [4.69, 9.17) is 18.6 Å². The number of ketones is 1. The molecule has 158 valence electrons. The van der Waals surface area contributed by atoms with Crippen LogP contribution in [0.25, 0.3) is 6.08 Å². The molecule has 3 heterocycles. The first-order valence-corrected chi connectivity index (χ1v) is 10.2. The second-order valence-corrected chi connectivity index (χ2v) is 7.75. The number of aryl methyl sites for hydroxylation is 1. The van der Waals surface area contributed by atoms with E-state index in [0.29, 0.717) is 30.3 Å². The van der Waals surface area contributed by atoms with Crippen molar-refractivity contribution >= 4 is 11.9 Å². The van der Waals surface area contributed by atoms with Crippen molar-refractivity contribution in [3.63, 3.8) is 0 Å². The standard InChI is InChI=1S/C25H23NO5/c1-16-12-21-20(25-23(16)24(27)22(31-25)13-19-4-3-11-29-19)14-26(15-30-21)10-9-17-5-7-18(28-2)8-6-17/h3-8,11-13H,9-10,14-15H2,1-2H3/b22-13+. The molecule has 0 fully saturated rings. The number of rotatable bonds is 5. The van der Waals surface area contributed by atoms with Crippen LogP contribution in [0.5, 0.6) is 17.2 Å². The number of carbonyl (C=O) groups excluding carboxylic acids is 1. The SMILES string of the molecule is COc1ccc(CCN2COc3cc(C)c4c(c3C2)O/C(=C/c2ccco2)C4=O)cc1. The Hall–Kier alpha value is -3.51. The van der Waals surface area contributed by atoms with Gasteiger partial charge in [0.25, 0.3) is 0 Å². The lowest BCUT2D eigenvalue weighted by Crippen LogP contribution is -2.33. The summed E-state index contributed by atoms with van der Waals surface area (Å²) in [5.74, 6) is 2.97. The van der Waals surface area contributed by atoms with E-state index < -0.39 is 0 Å². The molecule has 5 rings (SSSR count). The highest BCUT2D eigenvalue weighted by Crippen LogP contribution is 2.44. The van der Waals surface area contributed by atoms with Crippen molar-refractivity contribution in [2.24, 2.45) is 0 Å². The number of fused-ring (bicyclic) bond motifs is 3. The van der Waals surface area contributed by atoms with Crippen molar-refractivity contribution in [3.8, 4) is 17.2 Å². The Kier molecular flexibility index (Phi) is 5.00. The Morgan fingerprint density at radius 3 is 2.77 bits per heavy atom. The summed E-state index contributed by atoms with van der Waals surface area (Å²) in [6.07, 6.45) is 4.10. The smallest absolute Gasteiger partial charge is 0.232 e. The van der Waals surface area contributed by atoms with Crippen molar-refractivity contribution < 1.29 is 23.4 Å². The first-order valence-electron chi connectivity index (χ1n) is 10.2. The van der Waals surface area contributed by atoms with Crippen LogP contribution in [0.3, 0.4) is 0 Å². The summed E-state index contributed by atoms with van der Waals surface area (Å²) in [5, 5.41) is 0. The molecule has 2 aromatic carbocycles. The number of Topliss-reactive ketones (excluding diaryl/α,β-unsaturated/α-hetero) is 1. The molecule has 0 spiro atoms. The van der Waals surface area contributed by atoms with Crippen LogP contribution < -0.4 is 14.2 Å². The normalized spacial score (nSPS) is 16.6. The minimum atomic E-state index is -0.123. The molecule has 3 aromatic rings. The number of allylic oxidation sites excluding steroid dienone is 1. The van der Waals surface area contributed by atoms with Gasteiger partial charge in [-0.2, -0.15) is 0 Å². The molecule has 6 heteroatoms. The van der Waals surface area contributed by atoms with Crippen LogP contribution in [0.15, 0.2) is 58.9 Å². The van der Waals surface area contributed by atoms with Gasteiger partial charge in [-0.25, -0.2) is 0 Å². The highest BCUT2D eigenvalue weighted by Gasteiger charge is 2.35. The quantitative estimate of drug-likeness (QED) is 0.565. The van der Waals surface area contributed by atoms with Crippen LogP contribution >= 0.6 is 0 Å². The summed E-state index contributed by atoms with van der Waals surface area (Å²) in [6, 6.07) is 13.6. The first kappa shape index (κ1) is 19.5. The average Bonchev–Trinajstić information content (AvgIpc) is 3.42. The molecule has 0 N–H and O–H groups in total. The molecule has 0 saturated carbocycles. The van der Waals surface area contributed by atoms with Gasteiger partial charge in [0.15, 0.2) is 5.76 Å². The van der Waals surface area contributed by atoms with Gasteiger partial charge in [-0.05, 0) is 54.8 Å². The summed E-state index contributed by atoms with van der Waals surface area (Å²) >= 11 is 0. The number of ether oxygens (including phenoxy) is 3. The Labute approximate surface area is 180 Å². The van der Waals surface area contributed by atoms with E-state index in [9.17, 15) is 4.79 Å². The van der Waals surface area contributed by atoms with Gasteiger partial charge < -0.3 is 18.6 Å². The van der Waals surface area contributed by atoms with E-state index >= 15 is 0 Å². The summed E-state index contributed by atoms with van der Waals surface area (Å²) in [4.78, 5) is 15.2. The fraction of sp³-hybridized carbons (Fsp3) is 0.240. The van der Waals surface area contributed by atoms with Crippen molar-refractivity contribution in [1.82, 2.24) is 4.90 Å². The molecular weight excluding hydrogens is 394 g/mol. The van der Waals surface area contributed by atoms with Crippen LogP contribution in [0.4, 0.5) is 0 Å². The first-order chi connectivity index (χ1) is 15.1. The van der Waals surface area contributed by atoms with Crippen LogP contribution in [-0.4, -0.2) is 31.1 Å². The van der Waals surface area contributed by atoms with Gasteiger partial charge >= 0.3 is 0 Å². The maximum absolute atomic E-state index is 13.0. The van der Waals surface area contributed by atoms with Gasteiger partial charge in [-0.15, -0.1) is 0 Å². The van der Waals surface area contributed by atoms with Gasteiger partial charge in [-0.1, -0.05) is 12.1 Å². The van der Waals surface area contributed by atoms with Gasteiger partial charge in [0.2, 0.25) is 5.78 Å². The molecule has 0 bridgehead atoms. The van der Waals surface area contributed by atoms with E-state index in [-0.39, 0.29) is 11.5 Å². The molecule has 0 amide bonds. The van der Waals surface area contributed by atoms with E-state index in [1.807, 2.05) is 25.1 Å². The number of hydrogen-bond donors (Lipinski definition) is 0. The van der Waals surface area contributed by atoms with Crippen molar-refractivity contribution in [3.05, 3.63) is 82.5 Å². The summed E-state index contributed by atoms with van der Waals surface area (Å²) < 4.78 is 22.6. The average molecular weight is 417 g/mol. The Bertz CT molecular complexity index is 1150. The lowest BCUT2D eigenvalue weighted by molar-refractivity contribution is 0.0949. The fourth-order valence-corrected chi connectivity index (χ4v) is 4.00. The predicted molar refractivity (Wildman–Crippen MR) is 115 cm³/mol. The Morgan fingerprint density at radius 2 is 2.03 bits per heavy atom. The fourth-order valence-electron chi connectivity index (χ4n) is 4.00. The number of nitrogens with zero attached hydrogens (tertiary/aromatic N) is 1. The molecule has 2 aliphatic heterocycles. The van der Waals surface area contributed by atoms with Gasteiger partial charge in [0.05, 0.1) is 24.5 Å². The predicted octanol–water partition coefficient (Wildman–Crippen LogP) is 4.61. The minimum Gasteiger partial charge on any atom is -0.497 e. The van der Waals surface area contributed by atoms with Gasteiger partial charge in [0, 0.05) is 19.2 Å². The zero-order valence-corrected chi connectivity index (χ0v) is 17.5. The van der Waals surface area contributed by atoms with E-state index in [1.54, 1.807) is 31.6 Å². The van der Waals surface area contributed by atoms with E-state index in [0.717, 1.165) is 35.6 Å². The number of furan rings is 1. The third kappa shape index (κ3) is 3.70. The maximum atomic E-state index is 13.0. The molecule has 6 nitrogen and oxygen atoms in total.